The van der Waals surface area contributed by atoms with E-state index in [0.29, 0.717) is 12.0 Å². The molecule has 0 radical (unpaired) electrons. The molecule has 0 saturated heterocycles. The molecule has 3 nitrogen and oxygen atoms in total. The Morgan fingerprint density at radius 2 is 2.25 bits per heavy atom. The third kappa shape index (κ3) is 5.16. The third-order valence-corrected chi connectivity index (χ3v) is 4.63. The second kappa shape index (κ2) is 8.30. The van der Waals surface area contributed by atoms with Crippen molar-refractivity contribution in [1.29, 1.82) is 0 Å². The smallest absolute Gasteiger partial charge is 0.191 e. The van der Waals surface area contributed by atoms with Gasteiger partial charge < -0.3 is 10.6 Å². The summed E-state index contributed by atoms with van der Waals surface area (Å²) in [5.74, 6) is 1.59. The molecule has 1 aromatic heterocycles. The fourth-order valence-electron chi connectivity index (χ4n) is 2.67. The molecule has 1 fully saturated rings. The van der Waals surface area contributed by atoms with Crippen LogP contribution in [0.15, 0.2) is 22.5 Å². The summed E-state index contributed by atoms with van der Waals surface area (Å²) in [6.07, 6.45) is 6.41. The quantitative estimate of drug-likeness (QED) is 0.623. The summed E-state index contributed by atoms with van der Waals surface area (Å²) in [4.78, 5) is 6.22. The molecule has 0 spiro atoms. The molecule has 0 bridgehead atoms. The van der Waals surface area contributed by atoms with Crippen LogP contribution >= 0.6 is 11.3 Å². The van der Waals surface area contributed by atoms with Crippen LogP contribution in [0.25, 0.3) is 0 Å². The first-order valence-corrected chi connectivity index (χ1v) is 8.73. The lowest BCUT2D eigenvalue weighted by molar-refractivity contribution is 0.581. The Labute approximate surface area is 126 Å². The zero-order valence-corrected chi connectivity index (χ0v) is 13.5. The van der Waals surface area contributed by atoms with Crippen molar-refractivity contribution in [2.45, 2.75) is 52.0 Å². The summed E-state index contributed by atoms with van der Waals surface area (Å²) >= 11 is 1.84. The molecule has 112 valence electrons. The Hall–Kier alpha value is -1.03. The van der Waals surface area contributed by atoms with Gasteiger partial charge in [0.15, 0.2) is 5.96 Å². The van der Waals surface area contributed by atoms with Crippen LogP contribution in [0.5, 0.6) is 0 Å². The normalized spacial score (nSPS) is 18.2. The van der Waals surface area contributed by atoms with Crippen molar-refractivity contribution in [2.24, 2.45) is 10.9 Å². The van der Waals surface area contributed by atoms with Crippen LogP contribution in [-0.2, 0) is 6.42 Å². The number of aliphatic imine (C=N–C) groups is 1. The van der Waals surface area contributed by atoms with Gasteiger partial charge in [0.25, 0.3) is 0 Å². The van der Waals surface area contributed by atoms with Gasteiger partial charge in [0, 0.05) is 24.0 Å². The van der Waals surface area contributed by atoms with E-state index in [9.17, 15) is 0 Å². The predicted molar refractivity (Wildman–Crippen MR) is 88.6 cm³/mol. The molecule has 1 aliphatic rings. The first-order chi connectivity index (χ1) is 9.78. The highest BCUT2D eigenvalue weighted by atomic mass is 32.1. The van der Waals surface area contributed by atoms with Crippen LogP contribution in [0.4, 0.5) is 0 Å². The molecule has 2 N–H and O–H groups in total. The minimum atomic E-state index is 0.590. The van der Waals surface area contributed by atoms with Crippen LogP contribution in [0.1, 0.15) is 44.4 Å². The molecule has 20 heavy (non-hydrogen) atoms. The summed E-state index contributed by atoms with van der Waals surface area (Å²) in [6.45, 7) is 6.22. The van der Waals surface area contributed by atoms with E-state index in [1.807, 2.05) is 11.3 Å². The Morgan fingerprint density at radius 3 is 2.90 bits per heavy atom. The Bertz CT molecular complexity index is 394. The van der Waals surface area contributed by atoms with Gasteiger partial charge in [-0.05, 0) is 43.6 Å². The molecule has 1 saturated carbocycles. The van der Waals surface area contributed by atoms with Crippen LogP contribution in [-0.4, -0.2) is 25.1 Å². The number of guanidine groups is 1. The molecular weight excluding hydrogens is 266 g/mol. The Balaban J connectivity index is 1.80. The SMILES string of the molecule is CCNC(=NCC(C)Cc1cccs1)NC1CCCC1. The number of hydrogen-bond donors (Lipinski definition) is 2. The molecule has 4 heteroatoms. The van der Waals surface area contributed by atoms with E-state index in [1.54, 1.807) is 0 Å². The maximum absolute atomic E-state index is 4.76. The minimum Gasteiger partial charge on any atom is -0.357 e. The zero-order chi connectivity index (χ0) is 14.2. The molecule has 1 aliphatic carbocycles. The van der Waals surface area contributed by atoms with E-state index in [-0.39, 0.29) is 0 Å². The highest BCUT2D eigenvalue weighted by Gasteiger charge is 2.16. The lowest BCUT2D eigenvalue weighted by Gasteiger charge is -2.17. The summed E-state index contributed by atoms with van der Waals surface area (Å²) < 4.78 is 0. The highest BCUT2D eigenvalue weighted by molar-refractivity contribution is 7.09. The van der Waals surface area contributed by atoms with Gasteiger partial charge in [0.2, 0.25) is 0 Å². The fourth-order valence-corrected chi connectivity index (χ4v) is 3.54. The van der Waals surface area contributed by atoms with Crippen molar-refractivity contribution in [3.63, 3.8) is 0 Å². The second-order valence-electron chi connectivity index (χ2n) is 5.73. The van der Waals surface area contributed by atoms with Gasteiger partial charge in [-0.25, -0.2) is 0 Å². The molecule has 0 amide bonds. The van der Waals surface area contributed by atoms with Gasteiger partial charge in [-0.2, -0.15) is 0 Å². The van der Waals surface area contributed by atoms with E-state index < -0.39 is 0 Å². The lowest BCUT2D eigenvalue weighted by atomic mass is 10.1. The first-order valence-electron chi connectivity index (χ1n) is 7.85. The van der Waals surface area contributed by atoms with Crippen molar-refractivity contribution < 1.29 is 0 Å². The minimum absolute atomic E-state index is 0.590. The average molecular weight is 293 g/mol. The molecule has 1 aromatic rings. The predicted octanol–water partition coefficient (Wildman–Crippen LogP) is 3.42. The molecule has 0 aliphatic heterocycles. The maximum Gasteiger partial charge on any atom is 0.191 e. The lowest BCUT2D eigenvalue weighted by Crippen LogP contribution is -2.42. The van der Waals surface area contributed by atoms with Gasteiger partial charge in [0.05, 0.1) is 0 Å². The zero-order valence-electron chi connectivity index (χ0n) is 12.7. The van der Waals surface area contributed by atoms with E-state index in [0.717, 1.165) is 25.5 Å². The van der Waals surface area contributed by atoms with E-state index in [1.165, 1.54) is 30.6 Å². The van der Waals surface area contributed by atoms with Crippen molar-refractivity contribution in [2.75, 3.05) is 13.1 Å². The third-order valence-electron chi connectivity index (χ3n) is 3.73. The number of nitrogens with zero attached hydrogens (tertiary/aromatic N) is 1. The molecule has 0 aromatic carbocycles. The molecule has 2 rings (SSSR count). The van der Waals surface area contributed by atoms with Crippen LogP contribution in [0.2, 0.25) is 0 Å². The van der Waals surface area contributed by atoms with Crippen molar-refractivity contribution in [3.05, 3.63) is 22.4 Å². The molecule has 1 atom stereocenters. The van der Waals surface area contributed by atoms with Gasteiger partial charge in [-0.15, -0.1) is 11.3 Å². The summed E-state index contributed by atoms with van der Waals surface area (Å²) in [7, 11) is 0. The number of rotatable bonds is 6. The standard InChI is InChI=1S/C16H27N3S/c1-3-17-16(19-14-7-4-5-8-14)18-12-13(2)11-15-9-6-10-20-15/h6,9-10,13-14H,3-5,7-8,11-12H2,1-2H3,(H2,17,18,19). The highest BCUT2D eigenvalue weighted by Crippen LogP contribution is 2.17. The van der Waals surface area contributed by atoms with E-state index >= 15 is 0 Å². The molecule has 1 heterocycles. The first kappa shape index (κ1) is 15.4. The van der Waals surface area contributed by atoms with Gasteiger partial charge in [-0.1, -0.05) is 25.8 Å². The average Bonchev–Trinajstić information content (AvgIpc) is 3.09. The largest absolute Gasteiger partial charge is 0.357 e. The van der Waals surface area contributed by atoms with Crippen molar-refractivity contribution in [1.82, 2.24) is 10.6 Å². The van der Waals surface area contributed by atoms with Crippen LogP contribution in [0, 0.1) is 5.92 Å². The Kier molecular flexibility index (Phi) is 6.37. The van der Waals surface area contributed by atoms with Gasteiger partial charge in [0.1, 0.15) is 0 Å². The summed E-state index contributed by atoms with van der Waals surface area (Å²) in [5, 5.41) is 9.09. The van der Waals surface area contributed by atoms with Crippen LogP contribution in [0.3, 0.4) is 0 Å². The summed E-state index contributed by atoms with van der Waals surface area (Å²) in [6, 6.07) is 4.97. The van der Waals surface area contributed by atoms with Crippen LogP contribution < -0.4 is 10.6 Å². The van der Waals surface area contributed by atoms with Gasteiger partial charge >= 0.3 is 0 Å². The second-order valence-corrected chi connectivity index (χ2v) is 6.77. The van der Waals surface area contributed by atoms with E-state index in [2.05, 4.69) is 42.0 Å². The summed E-state index contributed by atoms with van der Waals surface area (Å²) in [5.41, 5.74) is 0. The van der Waals surface area contributed by atoms with Crippen molar-refractivity contribution in [3.8, 4) is 0 Å². The number of hydrogen-bond acceptors (Lipinski definition) is 2. The molecular formula is C16H27N3S. The van der Waals surface area contributed by atoms with E-state index in [4.69, 9.17) is 4.99 Å². The van der Waals surface area contributed by atoms with Gasteiger partial charge in [-0.3, -0.25) is 4.99 Å². The number of thiophene rings is 1. The fraction of sp³-hybridized carbons (Fsp3) is 0.688. The monoisotopic (exact) mass is 293 g/mol. The van der Waals surface area contributed by atoms with Crippen molar-refractivity contribution >= 4 is 17.3 Å². The molecule has 1 unspecified atom stereocenters. The maximum atomic E-state index is 4.76. The topological polar surface area (TPSA) is 36.4 Å². The Morgan fingerprint density at radius 1 is 1.45 bits per heavy atom. The number of nitrogens with one attached hydrogen (secondary N) is 2.